The highest BCUT2D eigenvalue weighted by Gasteiger charge is 2.40. The van der Waals surface area contributed by atoms with Crippen molar-refractivity contribution in [3.8, 4) is 6.07 Å². The van der Waals surface area contributed by atoms with Crippen LogP contribution in [0.4, 0.5) is 0 Å². The molecule has 0 aromatic rings. The number of carboxylic acids is 1. The molecule has 1 saturated carbocycles. The Bertz CT molecular complexity index is 370. The number of carbonyl (C=O) groups is 2. The first kappa shape index (κ1) is 11.9. The topological polar surface area (TPSA) is 81.4 Å². The van der Waals surface area contributed by atoms with Crippen LogP contribution in [0.15, 0.2) is 0 Å². The van der Waals surface area contributed by atoms with Crippen molar-refractivity contribution in [1.82, 2.24) is 4.90 Å². The molecule has 0 bridgehead atoms. The number of carboxylic acid groups (broad SMARTS) is 1. The third-order valence-electron chi connectivity index (χ3n) is 3.70. The third-order valence-corrected chi connectivity index (χ3v) is 3.70. The summed E-state index contributed by atoms with van der Waals surface area (Å²) < 4.78 is 0. The number of nitriles is 1. The molecule has 1 aliphatic heterocycles. The molecule has 1 N–H and O–H groups in total. The second-order valence-corrected chi connectivity index (χ2v) is 5.00. The molecule has 2 rings (SSSR count). The number of likely N-dealkylation sites (tertiary alicyclic amines) is 1. The van der Waals surface area contributed by atoms with Crippen molar-refractivity contribution in [2.75, 3.05) is 13.1 Å². The average Bonchev–Trinajstić information content (AvgIpc) is 3.12. The maximum atomic E-state index is 11.7. The Hall–Kier alpha value is -1.57. The van der Waals surface area contributed by atoms with Gasteiger partial charge in [0.1, 0.15) is 6.42 Å². The van der Waals surface area contributed by atoms with E-state index in [0.717, 1.165) is 12.8 Å². The lowest BCUT2D eigenvalue weighted by atomic mass is 9.86. The van der Waals surface area contributed by atoms with Crippen LogP contribution in [0.25, 0.3) is 0 Å². The fourth-order valence-corrected chi connectivity index (χ4v) is 2.61. The van der Waals surface area contributed by atoms with Crippen LogP contribution in [-0.2, 0) is 9.59 Å². The summed E-state index contributed by atoms with van der Waals surface area (Å²) in [5, 5.41) is 17.6. The molecule has 2 aliphatic rings. The van der Waals surface area contributed by atoms with E-state index in [2.05, 4.69) is 0 Å². The van der Waals surface area contributed by atoms with Gasteiger partial charge in [-0.2, -0.15) is 5.26 Å². The molecule has 5 heteroatoms. The standard InChI is InChI=1S/C12H16N2O3/c13-4-3-11(15)14-6-9(8-1-2-8)5-10(7-14)12(16)17/h8-10H,1-3,5-7H2,(H,16,17). The molecular formula is C12H16N2O3. The Morgan fingerprint density at radius 3 is 2.53 bits per heavy atom. The van der Waals surface area contributed by atoms with Crippen LogP contribution in [0.5, 0.6) is 0 Å². The van der Waals surface area contributed by atoms with Gasteiger partial charge in [-0.05, 0) is 31.1 Å². The minimum Gasteiger partial charge on any atom is -0.481 e. The van der Waals surface area contributed by atoms with Crippen molar-refractivity contribution in [1.29, 1.82) is 5.26 Å². The number of aliphatic carboxylic acids is 1. The molecule has 1 saturated heterocycles. The lowest BCUT2D eigenvalue weighted by Crippen LogP contribution is -2.46. The van der Waals surface area contributed by atoms with Gasteiger partial charge in [-0.25, -0.2) is 0 Å². The zero-order valence-electron chi connectivity index (χ0n) is 9.63. The zero-order chi connectivity index (χ0) is 12.4. The largest absolute Gasteiger partial charge is 0.481 e. The van der Waals surface area contributed by atoms with Crippen LogP contribution >= 0.6 is 0 Å². The first-order valence-corrected chi connectivity index (χ1v) is 5.99. The summed E-state index contributed by atoms with van der Waals surface area (Å²) >= 11 is 0. The number of piperidine rings is 1. The van der Waals surface area contributed by atoms with E-state index in [1.807, 2.05) is 6.07 Å². The molecule has 0 aromatic heterocycles. The SMILES string of the molecule is N#CCC(=O)N1CC(C(=O)O)CC(C2CC2)C1. The van der Waals surface area contributed by atoms with Gasteiger partial charge in [0.2, 0.25) is 5.91 Å². The van der Waals surface area contributed by atoms with Crippen LogP contribution < -0.4 is 0 Å². The fourth-order valence-electron chi connectivity index (χ4n) is 2.61. The third kappa shape index (κ3) is 2.76. The number of hydrogen-bond donors (Lipinski definition) is 1. The highest BCUT2D eigenvalue weighted by atomic mass is 16.4. The molecule has 1 amide bonds. The van der Waals surface area contributed by atoms with E-state index < -0.39 is 11.9 Å². The molecule has 2 unspecified atom stereocenters. The van der Waals surface area contributed by atoms with Gasteiger partial charge in [0, 0.05) is 13.1 Å². The first-order valence-electron chi connectivity index (χ1n) is 5.99. The molecule has 92 valence electrons. The molecule has 1 aliphatic carbocycles. The predicted octanol–water partition coefficient (Wildman–Crippen LogP) is 0.859. The van der Waals surface area contributed by atoms with Gasteiger partial charge in [-0.1, -0.05) is 0 Å². The van der Waals surface area contributed by atoms with Crippen molar-refractivity contribution in [2.45, 2.75) is 25.7 Å². The Morgan fingerprint density at radius 1 is 1.29 bits per heavy atom. The van der Waals surface area contributed by atoms with Gasteiger partial charge >= 0.3 is 5.97 Å². The van der Waals surface area contributed by atoms with E-state index in [9.17, 15) is 9.59 Å². The van der Waals surface area contributed by atoms with Crippen molar-refractivity contribution >= 4 is 11.9 Å². The van der Waals surface area contributed by atoms with Crippen LogP contribution in [0.1, 0.15) is 25.7 Å². The molecular weight excluding hydrogens is 220 g/mol. The maximum Gasteiger partial charge on any atom is 0.308 e. The number of rotatable bonds is 3. The lowest BCUT2D eigenvalue weighted by molar-refractivity contribution is -0.147. The lowest BCUT2D eigenvalue weighted by Gasteiger charge is -2.36. The van der Waals surface area contributed by atoms with E-state index in [-0.39, 0.29) is 18.9 Å². The molecule has 2 fully saturated rings. The minimum absolute atomic E-state index is 0.149. The van der Waals surface area contributed by atoms with Crippen LogP contribution in [0.2, 0.25) is 0 Å². The van der Waals surface area contributed by atoms with Gasteiger partial charge in [0.25, 0.3) is 0 Å². The van der Waals surface area contributed by atoms with Crippen LogP contribution in [-0.4, -0.2) is 35.0 Å². The first-order chi connectivity index (χ1) is 8.11. The molecule has 0 spiro atoms. The zero-order valence-corrected chi connectivity index (χ0v) is 9.63. The second-order valence-electron chi connectivity index (χ2n) is 5.00. The summed E-state index contributed by atoms with van der Waals surface area (Å²) in [5.74, 6) is -0.617. The minimum atomic E-state index is -0.829. The highest BCUT2D eigenvalue weighted by molar-refractivity contribution is 5.79. The normalized spacial score (nSPS) is 28.5. The Morgan fingerprint density at radius 2 is 2.00 bits per heavy atom. The smallest absolute Gasteiger partial charge is 0.308 e. The summed E-state index contributed by atoms with van der Waals surface area (Å²) in [4.78, 5) is 24.3. The van der Waals surface area contributed by atoms with Crippen LogP contribution in [0.3, 0.4) is 0 Å². The summed E-state index contributed by atoms with van der Waals surface area (Å²) in [6.45, 7) is 0.897. The maximum absolute atomic E-state index is 11.7. The van der Waals surface area contributed by atoms with Crippen molar-refractivity contribution < 1.29 is 14.7 Å². The molecule has 2 atom stereocenters. The molecule has 1 heterocycles. The average molecular weight is 236 g/mol. The van der Waals surface area contributed by atoms with Gasteiger partial charge in [-0.3, -0.25) is 9.59 Å². The molecule has 0 aromatic carbocycles. The van der Waals surface area contributed by atoms with Gasteiger partial charge in [0.15, 0.2) is 0 Å². The Balaban J connectivity index is 2.03. The summed E-state index contributed by atoms with van der Waals surface area (Å²) in [6, 6.07) is 1.83. The van der Waals surface area contributed by atoms with Crippen LogP contribution in [0, 0.1) is 29.1 Å². The summed E-state index contributed by atoms with van der Waals surface area (Å²) in [6.07, 6.45) is 2.83. The molecule has 17 heavy (non-hydrogen) atoms. The van der Waals surface area contributed by atoms with Crippen molar-refractivity contribution in [3.63, 3.8) is 0 Å². The quantitative estimate of drug-likeness (QED) is 0.788. The van der Waals surface area contributed by atoms with Gasteiger partial charge in [-0.15, -0.1) is 0 Å². The number of carbonyl (C=O) groups excluding carboxylic acids is 1. The van der Waals surface area contributed by atoms with Gasteiger partial charge in [0.05, 0.1) is 12.0 Å². The summed E-state index contributed by atoms with van der Waals surface area (Å²) in [7, 11) is 0. The van der Waals surface area contributed by atoms with Gasteiger partial charge < -0.3 is 10.0 Å². The van der Waals surface area contributed by atoms with E-state index in [4.69, 9.17) is 10.4 Å². The highest BCUT2D eigenvalue weighted by Crippen LogP contribution is 2.42. The Labute approximate surface area is 100 Å². The predicted molar refractivity (Wildman–Crippen MR) is 58.8 cm³/mol. The second kappa shape index (κ2) is 4.74. The Kier molecular flexibility index (Phi) is 3.32. The molecule has 5 nitrogen and oxygen atoms in total. The van der Waals surface area contributed by atoms with Crippen molar-refractivity contribution in [3.05, 3.63) is 0 Å². The van der Waals surface area contributed by atoms with Crippen molar-refractivity contribution in [2.24, 2.45) is 17.8 Å². The summed E-state index contributed by atoms with van der Waals surface area (Å²) in [5.41, 5.74) is 0. The fraction of sp³-hybridized carbons (Fsp3) is 0.750. The van der Waals surface area contributed by atoms with E-state index >= 15 is 0 Å². The van der Waals surface area contributed by atoms with E-state index in [0.29, 0.717) is 24.8 Å². The number of nitrogens with zero attached hydrogens (tertiary/aromatic N) is 2. The van der Waals surface area contributed by atoms with E-state index in [1.165, 1.54) is 0 Å². The molecule has 0 radical (unpaired) electrons. The van der Waals surface area contributed by atoms with E-state index in [1.54, 1.807) is 4.90 Å². The number of amides is 1. The number of hydrogen-bond acceptors (Lipinski definition) is 3. The monoisotopic (exact) mass is 236 g/mol.